The number of hydrogen-bond donors (Lipinski definition) is 0. The highest BCUT2D eigenvalue weighted by molar-refractivity contribution is 6.13. The number of fused-ring (bicyclic) bond motifs is 6. The first-order valence-electron chi connectivity index (χ1n) is 23.3. The molecule has 12 aromatic rings. The van der Waals surface area contributed by atoms with Gasteiger partial charge in [0.2, 0.25) is 0 Å². The fourth-order valence-corrected chi connectivity index (χ4v) is 8.20. The molecule has 0 atom stereocenters. The van der Waals surface area contributed by atoms with E-state index < -0.39 is 0 Å². The summed E-state index contributed by atoms with van der Waals surface area (Å²) in [6, 6.07) is 55.2. The molecule has 62 heavy (non-hydrogen) atoms. The van der Waals surface area contributed by atoms with E-state index in [2.05, 4.69) is 6.07 Å². The SMILES string of the molecule is [2H]c1c([2H])c(-c2ccc(-c3ccccc3)cc2)c2c(oc3c([2H])c(-c4nc(-c5cc(-c6ccccc6)cc(-c6ccccc6)c5)nc(-c5ccc6oc7ccccc7c6c5)n4)c([2H])c([2H])c32)c1[2H]. The maximum Gasteiger partial charge on any atom is 0.164 e. The van der Waals surface area contributed by atoms with Crippen LogP contribution in [0, 0.1) is 0 Å². The minimum absolute atomic E-state index is 0.0236. The van der Waals surface area contributed by atoms with Crippen LogP contribution in [0.4, 0.5) is 0 Å². The van der Waals surface area contributed by atoms with Crippen molar-refractivity contribution in [3.63, 3.8) is 0 Å². The molecule has 0 aliphatic heterocycles. The Kier molecular flexibility index (Phi) is 7.05. The molecule has 0 aliphatic carbocycles. The van der Waals surface area contributed by atoms with Crippen LogP contribution >= 0.6 is 0 Å². The lowest BCUT2D eigenvalue weighted by atomic mass is 9.95. The van der Waals surface area contributed by atoms with E-state index in [1.807, 2.05) is 170 Å². The van der Waals surface area contributed by atoms with Crippen molar-refractivity contribution in [3.05, 3.63) is 212 Å². The molecule has 0 unspecified atom stereocenters. The van der Waals surface area contributed by atoms with Crippen LogP contribution < -0.4 is 0 Å². The van der Waals surface area contributed by atoms with Gasteiger partial charge in [-0.25, -0.2) is 15.0 Å². The molecule has 0 spiro atoms. The van der Waals surface area contributed by atoms with Crippen molar-refractivity contribution in [1.29, 1.82) is 0 Å². The van der Waals surface area contributed by atoms with Crippen LogP contribution in [0.1, 0.15) is 8.22 Å². The Balaban J connectivity index is 1.10. The number of benzene rings is 9. The van der Waals surface area contributed by atoms with Crippen molar-refractivity contribution >= 4 is 43.9 Å². The number of furan rings is 2. The molecular formula is C57H35N3O2. The third kappa shape index (κ3) is 6.32. The second-order valence-electron chi connectivity index (χ2n) is 15.1. The highest BCUT2D eigenvalue weighted by atomic mass is 16.3. The molecule has 0 fully saturated rings. The second-order valence-corrected chi connectivity index (χ2v) is 15.1. The summed E-state index contributed by atoms with van der Waals surface area (Å²) < 4.78 is 68.5. The predicted octanol–water partition coefficient (Wildman–Crippen LogP) is 15.3. The summed E-state index contributed by atoms with van der Waals surface area (Å²) in [5.74, 6) is 0.523. The molecule has 5 heteroatoms. The Labute approximate surface area is 365 Å². The first kappa shape index (κ1) is 29.7. The summed E-state index contributed by atoms with van der Waals surface area (Å²) in [5.41, 5.74) is 9.15. The Morgan fingerprint density at radius 2 is 0.839 bits per heavy atom. The summed E-state index contributed by atoms with van der Waals surface area (Å²) in [6.07, 6.45) is 0. The van der Waals surface area contributed by atoms with Gasteiger partial charge in [-0.2, -0.15) is 0 Å². The number of para-hydroxylation sites is 1. The number of rotatable bonds is 7. The number of aromatic nitrogens is 3. The van der Waals surface area contributed by atoms with Gasteiger partial charge in [0, 0.05) is 38.2 Å². The summed E-state index contributed by atoms with van der Waals surface area (Å²) in [5, 5.41) is 2.10. The number of nitrogens with zero attached hydrogens (tertiary/aromatic N) is 3. The molecule has 3 heterocycles. The topological polar surface area (TPSA) is 65.0 Å². The molecule has 3 aromatic heterocycles. The van der Waals surface area contributed by atoms with Crippen LogP contribution in [0.15, 0.2) is 221 Å². The lowest BCUT2D eigenvalue weighted by Crippen LogP contribution is -2.00. The second kappa shape index (κ2) is 14.7. The van der Waals surface area contributed by atoms with Gasteiger partial charge in [0.05, 0.1) is 8.22 Å². The molecular weight excluding hydrogens is 759 g/mol. The molecule has 5 nitrogen and oxygen atoms in total. The first-order chi connectivity index (χ1) is 33.2. The summed E-state index contributed by atoms with van der Waals surface area (Å²) in [6.45, 7) is 0. The van der Waals surface area contributed by atoms with Gasteiger partial charge >= 0.3 is 0 Å². The highest BCUT2D eigenvalue weighted by Crippen LogP contribution is 2.40. The van der Waals surface area contributed by atoms with Gasteiger partial charge in [0.1, 0.15) is 22.3 Å². The maximum atomic E-state index is 9.78. The average Bonchev–Trinajstić information content (AvgIpc) is 3.98. The summed E-state index contributed by atoms with van der Waals surface area (Å²) >= 11 is 0. The van der Waals surface area contributed by atoms with Gasteiger partial charge in [-0.3, -0.25) is 0 Å². The smallest absolute Gasteiger partial charge is 0.164 e. The van der Waals surface area contributed by atoms with E-state index in [0.29, 0.717) is 22.3 Å². The predicted molar refractivity (Wildman–Crippen MR) is 252 cm³/mol. The minimum atomic E-state index is -0.357. The quantitative estimate of drug-likeness (QED) is 0.161. The Bertz CT molecular complexity index is 3910. The zero-order valence-electron chi connectivity index (χ0n) is 38.9. The van der Waals surface area contributed by atoms with E-state index in [9.17, 15) is 4.11 Å². The van der Waals surface area contributed by atoms with Crippen molar-refractivity contribution in [2.75, 3.05) is 0 Å². The largest absolute Gasteiger partial charge is 0.456 e. The van der Waals surface area contributed by atoms with Crippen molar-refractivity contribution in [3.8, 4) is 78.7 Å². The molecule has 290 valence electrons. The zero-order valence-corrected chi connectivity index (χ0v) is 32.9. The standard InChI is InChI=1S/C57H35N3O2/c1-4-13-36(14-5-1)39-23-25-40(26-24-39)46-20-12-22-52-54(46)48-29-27-42(35-53(48)62-52)56-58-55(41-28-30-51-49(34-41)47-19-10-11-21-50(47)61-51)59-57(60-56)45-32-43(37-15-6-2-7-16-37)31-44(33-45)38-17-8-3-9-18-38/h1-35H/i12D,20D,22D,27D,29D,35D. The van der Waals surface area contributed by atoms with Crippen LogP contribution in [0.2, 0.25) is 0 Å². The summed E-state index contributed by atoms with van der Waals surface area (Å²) in [4.78, 5) is 15.1. The monoisotopic (exact) mass is 799 g/mol. The minimum Gasteiger partial charge on any atom is -0.456 e. The maximum absolute atomic E-state index is 9.78. The van der Waals surface area contributed by atoms with Crippen LogP contribution in [-0.2, 0) is 0 Å². The van der Waals surface area contributed by atoms with Gasteiger partial charge in [-0.05, 0) is 105 Å². The van der Waals surface area contributed by atoms with Crippen LogP contribution in [0.3, 0.4) is 0 Å². The molecule has 0 N–H and O–H groups in total. The molecule has 12 rings (SSSR count). The van der Waals surface area contributed by atoms with Gasteiger partial charge in [0.15, 0.2) is 17.5 Å². The fourth-order valence-electron chi connectivity index (χ4n) is 8.20. The molecule has 0 bridgehead atoms. The van der Waals surface area contributed by atoms with E-state index in [1.54, 1.807) is 0 Å². The molecule has 0 radical (unpaired) electrons. The van der Waals surface area contributed by atoms with Gasteiger partial charge in [0.25, 0.3) is 0 Å². The molecule has 0 aliphatic rings. The van der Waals surface area contributed by atoms with Crippen molar-refractivity contribution in [1.82, 2.24) is 15.0 Å². The van der Waals surface area contributed by atoms with Crippen LogP contribution in [-0.4, -0.2) is 15.0 Å². The van der Waals surface area contributed by atoms with Crippen molar-refractivity contribution < 1.29 is 17.1 Å². The lowest BCUT2D eigenvalue weighted by Gasteiger charge is -2.12. The average molecular weight is 800 g/mol. The van der Waals surface area contributed by atoms with Gasteiger partial charge in [-0.15, -0.1) is 0 Å². The zero-order chi connectivity index (χ0) is 46.2. The lowest BCUT2D eigenvalue weighted by molar-refractivity contribution is 0.668. The molecule has 0 saturated carbocycles. The molecule has 0 saturated heterocycles. The summed E-state index contributed by atoms with van der Waals surface area (Å²) in [7, 11) is 0. The number of hydrogen-bond acceptors (Lipinski definition) is 5. The van der Waals surface area contributed by atoms with E-state index in [0.717, 1.165) is 49.7 Å². The van der Waals surface area contributed by atoms with Crippen molar-refractivity contribution in [2.45, 2.75) is 0 Å². The highest BCUT2D eigenvalue weighted by Gasteiger charge is 2.19. The molecule has 9 aromatic carbocycles. The Morgan fingerprint density at radius 1 is 0.323 bits per heavy atom. The Morgan fingerprint density at radius 3 is 1.53 bits per heavy atom. The third-order valence-corrected chi connectivity index (χ3v) is 11.3. The fraction of sp³-hybridized carbons (Fsp3) is 0. The normalized spacial score (nSPS) is 12.9. The van der Waals surface area contributed by atoms with Gasteiger partial charge < -0.3 is 8.83 Å². The van der Waals surface area contributed by atoms with Crippen molar-refractivity contribution in [2.24, 2.45) is 0 Å². The van der Waals surface area contributed by atoms with Gasteiger partial charge in [-0.1, -0.05) is 152 Å². The van der Waals surface area contributed by atoms with Crippen LogP contribution in [0.25, 0.3) is 123 Å². The van der Waals surface area contributed by atoms with Crippen LogP contribution in [0.5, 0.6) is 0 Å². The van der Waals surface area contributed by atoms with E-state index >= 15 is 0 Å². The van der Waals surface area contributed by atoms with E-state index in [1.165, 1.54) is 0 Å². The molecule has 0 amide bonds. The third-order valence-electron chi connectivity index (χ3n) is 11.3. The van der Waals surface area contributed by atoms with E-state index in [-0.39, 0.29) is 86.8 Å². The van der Waals surface area contributed by atoms with E-state index in [4.69, 9.17) is 27.9 Å². The first-order valence-corrected chi connectivity index (χ1v) is 20.3. The Hall–Kier alpha value is -8.41.